The largest absolute Gasteiger partial charge is 0.232 e. The molecule has 1 aliphatic carbocycles. The first kappa shape index (κ1) is 9.33. The van der Waals surface area contributed by atoms with E-state index in [-0.39, 0.29) is 0 Å². The first-order valence-corrected chi connectivity index (χ1v) is 6.08. The monoisotopic (exact) mass is 265 g/mol. The topological polar surface area (TPSA) is 30.2 Å². The molecule has 2 heterocycles. The Morgan fingerprint density at radius 1 is 1.33 bits per heavy atom. The third-order valence-corrected chi connectivity index (χ3v) is 3.69. The van der Waals surface area contributed by atoms with Gasteiger partial charge in [-0.3, -0.25) is 0 Å². The van der Waals surface area contributed by atoms with E-state index in [1.54, 1.807) is 0 Å². The van der Waals surface area contributed by atoms with Crippen LogP contribution in [0.1, 0.15) is 29.8 Å². The SMILES string of the molecule is Cc1c2c(nc3c(Br)cnn13)CCCC2. The minimum Gasteiger partial charge on any atom is -0.232 e. The molecule has 0 spiro atoms. The summed E-state index contributed by atoms with van der Waals surface area (Å²) in [7, 11) is 0. The van der Waals surface area contributed by atoms with E-state index < -0.39 is 0 Å². The van der Waals surface area contributed by atoms with E-state index in [1.165, 1.54) is 29.8 Å². The van der Waals surface area contributed by atoms with Gasteiger partial charge in [0.05, 0.1) is 10.7 Å². The number of nitrogens with zero attached hydrogens (tertiary/aromatic N) is 3. The summed E-state index contributed by atoms with van der Waals surface area (Å²) in [4.78, 5) is 4.69. The minimum atomic E-state index is 0.952. The number of rotatable bonds is 0. The Labute approximate surface area is 96.6 Å². The fourth-order valence-corrected chi connectivity index (χ4v) is 2.67. The second-order valence-corrected chi connectivity index (χ2v) is 4.91. The molecule has 0 amide bonds. The van der Waals surface area contributed by atoms with Gasteiger partial charge in [0.2, 0.25) is 0 Å². The highest BCUT2D eigenvalue weighted by Gasteiger charge is 2.17. The molecule has 2 aromatic rings. The van der Waals surface area contributed by atoms with Crippen molar-refractivity contribution in [2.24, 2.45) is 0 Å². The molecule has 4 heteroatoms. The average Bonchev–Trinajstić information content (AvgIpc) is 2.62. The Hall–Kier alpha value is -0.900. The maximum absolute atomic E-state index is 4.69. The molecule has 1 aliphatic rings. The second-order valence-electron chi connectivity index (χ2n) is 4.06. The van der Waals surface area contributed by atoms with E-state index >= 15 is 0 Å². The summed E-state index contributed by atoms with van der Waals surface area (Å²) < 4.78 is 2.92. The summed E-state index contributed by atoms with van der Waals surface area (Å²) in [5.41, 5.74) is 4.88. The van der Waals surface area contributed by atoms with Crippen LogP contribution in [0.25, 0.3) is 5.65 Å². The van der Waals surface area contributed by atoms with E-state index in [0.29, 0.717) is 0 Å². The van der Waals surface area contributed by atoms with Crippen LogP contribution in [0.2, 0.25) is 0 Å². The molecule has 0 atom stereocenters. The van der Waals surface area contributed by atoms with Crippen molar-refractivity contribution in [2.45, 2.75) is 32.6 Å². The minimum absolute atomic E-state index is 0.952. The first-order valence-electron chi connectivity index (χ1n) is 5.29. The zero-order valence-corrected chi connectivity index (χ0v) is 10.2. The molecule has 0 aromatic carbocycles. The Balaban J connectivity index is 2.37. The molecule has 0 fully saturated rings. The van der Waals surface area contributed by atoms with Gasteiger partial charge in [0.15, 0.2) is 5.65 Å². The summed E-state index contributed by atoms with van der Waals surface area (Å²) in [5, 5.41) is 4.33. The van der Waals surface area contributed by atoms with Gasteiger partial charge in [-0.05, 0) is 54.1 Å². The zero-order chi connectivity index (χ0) is 10.4. The van der Waals surface area contributed by atoms with E-state index in [0.717, 1.165) is 23.0 Å². The van der Waals surface area contributed by atoms with Crippen LogP contribution in [0.4, 0.5) is 0 Å². The van der Waals surface area contributed by atoms with E-state index in [4.69, 9.17) is 0 Å². The predicted molar refractivity (Wildman–Crippen MR) is 62.1 cm³/mol. The van der Waals surface area contributed by atoms with Crippen molar-refractivity contribution in [3.8, 4) is 0 Å². The van der Waals surface area contributed by atoms with Crippen LogP contribution in [-0.2, 0) is 12.8 Å². The van der Waals surface area contributed by atoms with Gasteiger partial charge < -0.3 is 0 Å². The van der Waals surface area contributed by atoms with Crippen LogP contribution in [-0.4, -0.2) is 14.6 Å². The lowest BCUT2D eigenvalue weighted by Crippen LogP contribution is -2.11. The third kappa shape index (κ3) is 1.31. The number of fused-ring (bicyclic) bond motifs is 2. The Bertz CT molecular complexity index is 530. The predicted octanol–water partition coefficient (Wildman–Crippen LogP) is 2.68. The molecule has 0 bridgehead atoms. The van der Waals surface area contributed by atoms with Crippen molar-refractivity contribution in [2.75, 3.05) is 0 Å². The van der Waals surface area contributed by atoms with Gasteiger partial charge in [0, 0.05) is 11.4 Å². The third-order valence-electron chi connectivity index (χ3n) is 3.13. The van der Waals surface area contributed by atoms with Crippen LogP contribution >= 0.6 is 15.9 Å². The van der Waals surface area contributed by atoms with Crippen LogP contribution in [0.5, 0.6) is 0 Å². The number of hydrogen-bond acceptors (Lipinski definition) is 2. The number of halogens is 1. The molecule has 2 aromatic heterocycles. The highest BCUT2D eigenvalue weighted by atomic mass is 79.9. The molecule has 0 aliphatic heterocycles. The number of aryl methyl sites for hydroxylation is 2. The van der Waals surface area contributed by atoms with Gasteiger partial charge in [-0.1, -0.05) is 0 Å². The molecular formula is C11H12BrN3. The fourth-order valence-electron chi connectivity index (χ4n) is 2.33. The Kier molecular flexibility index (Phi) is 2.06. The van der Waals surface area contributed by atoms with E-state index in [1.807, 2.05) is 10.7 Å². The van der Waals surface area contributed by atoms with E-state index in [2.05, 4.69) is 32.9 Å². The molecular weight excluding hydrogens is 254 g/mol. The number of hydrogen-bond donors (Lipinski definition) is 0. The molecule has 15 heavy (non-hydrogen) atoms. The van der Waals surface area contributed by atoms with Gasteiger partial charge in [-0.2, -0.15) is 5.10 Å². The molecule has 0 N–H and O–H groups in total. The van der Waals surface area contributed by atoms with Crippen LogP contribution in [0.15, 0.2) is 10.7 Å². The van der Waals surface area contributed by atoms with Gasteiger partial charge >= 0.3 is 0 Å². The molecule has 0 saturated carbocycles. The van der Waals surface area contributed by atoms with Gasteiger partial charge in [0.1, 0.15) is 0 Å². The van der Waals surface area contributed by atoms with Crippen molar-refractivity contribution in [3.05, 3.63) is 27.6 Å². The maximum atomic E-state index is 4.69. The standard InChI is InChI=1S/C11H12BrN3/c1-7-8-4-2-3-5-10(8)14-11-9(12)6-13-15(7)11/h6H,2-5H2,1H3. The molecule has 0 saturated heterocycles. The van der Waals surface area contributed by atoms with E-state index in [9.17, 15) is 0 Å². The van der Waals surface area contributed by atoms with Gasteiger partial charge in [0.25, 0.3) is 0 Å². The highest BCUT2D eigenvalue weighted by Crippen LogP contribution is 2.26. The second kappa shape index (κ2) is 3.30. The van der Waals surface area contributed by atoms with Crippen LogP contribution in [0.3, 0.4) is 0 Å². The van der Waals surface area contributed by atoms with Crippen molar-refractivity contribution < 1.29 is 0 Å². The van der Waals surface area contributed by atoms with Crippen molar-refractivity contribution in [1.82, 2.24) is 14.6 Å². The van der Waals surface area contributed by atoms with Crippen LogP contribution in [0, 0.1) is 6.92 Å². The lowest BCUT2D eigenvalue weighted by molar-refractivity contribution is 0.652. The number of aromatic nitrogens is 3. The molecule has 3 nitrogen and oxygen atoms in total. The molecule has 3 rings (SSSR count). The summed E-state index contributed by atoms with van der Waals surface area (Å²) in [6.45, 7) is 2.14. The van der Waals surface area contributed by atoms with Crippen molar-refractivity contribution >= 4 is 21.6 Å². The van der Waals surface area contributed by atoms with Crippen molar-refractivity contribution in [3.63, 3.8) is 0 Å². The molecule has 78 valence electrons. The molecule has 0 radical (unpaired) electrons. The smallest absolute Gasteiger partial charge is 0.169 e. The normalized spacial score (nSPS) is 15.6. The van der Waals surface area contributed by atoms with Gasteiger partial charge in [-0.15, -0.1) is 0 Å². The quantitative estimate of drug-likeness (QED) is 0.733. The lowest BCUT2D eigenvalue weighted by atomic mass is 9.95. The molecule has 0 unspecified atom stereocenters. The van der Waals surface area contributed by atoms with Crippen molar-refractivity contribution in [1.29, 1.82) is 0 Å². The van der Waals surface area contributed by atoms with Crippen LogP contribution < -0.4 is 0 Å². The summed E-state index contributed by atoms with van der Waals surface area (Å²) in [6.07, 6.45) is 6.64. The first-order chi connectivity index (χ1) is 7.27. The Morgan fingerprint density at radius 3 is 3.00 bits per heavy atom. The summed E-state index contributed by atoms with van der Waals surface area (Å²) >= 11 is 3.48. The lowest BCUT2D eigenvalue weighted by Gasteiger charge is -2.17. The summed E-state index contributed by atoms with van der Waals surface area (Å²) in [6, 6.07) is 0. The zero-order valence-electron chi connectivity index (χ0n) is 8.63. The van der Waals surface area contributed by atoms with Gasteiger partial charge in [-0.25, -0.2) is 9.50 Å². The Morgan fingerprint density at radius 2 is 2.13 bits per heavy atom. The highest BCUT2D eigenvalue weighted by molar-refractivity contribution is 9.10. The summed E-state index contributed by atoms with van der Waals surface area (Å²) in [5.74, 6) is 0. The fraction of sp³-hybridized carbons (Fsp3) is 0.455. The maximum Gasteiger partial charge on any atom is 0.169 e. The average molecular weight is 266 g/mol.